The van der Waals surface area contributed by atoms with Gasteiger partial charge in [-0.05, 0) is 74.4 Å². The molecule has 216 valence electrons. The summed E-state index contributed by atoms with van der Waals surface area (Å²) in [6.45, 7) is 5.49. The van der Waals surface area contributed by atoms with Crippen molar-refractivity contribution < 1.29 is 17.6 Å². The lowest BCUT2D eigenvalue weighted by atomic mass is 10.2. The molecule has 2 aromatic carbocycles. The number of pyridine rings is 1. The summed E-state index contributed by atoms with van der Waals surface area (Å²) in [5.41, 5.74) is 6.63. The lowest BCUT2D eigenvalue weighted by Gasteiger charge is -2.22. The van der Waals surface area contributed by atoms with E-state index in [1.807, 2.05) is 32.2 Å². The van der Waals surface area contributed by atoms with E-state index in [-0.39, 0.29) is 18.0 Å². The smallest absolute Gasteiger partial charge is 0.290 e. The fourth-order valence-corrected chi connectivity index (χ4v) is 6.25. The standard InChI is InChI=1S/C30H27Cl2N5O4S/c1-19-4-11-26(12-5-19)42(39,40)36(17-22-7-8-23(31)14-27(22)32)18-25-10-9-24(41-25)15-33-35-30(38)29-21(3)34-28-13-6-20(2)16-37(28)29/h4-16H,17-18H2,1-3H3,(H,35,38)/b33-15+. The zero-order chi connectivity index (χ0) is 30.0. The topological polar surface area (TPSA) is 109 Å². The monoisotopic (exact) mass is 623 g/mol. The third-order valence-corrected chi connectivity index (χ3v) is 8.94. The third-order valence-electron chi connectivity index (χ3n) is 6.55. The summed E-state index contributed by atoms with van der Waals surface area (Å²) in [4.78, 5) is 17.4. The van der Waals surface area contributed by atoms with E-state index in [1.165, 1.54) is 10.5 Å². The number of furan rings is 1. The van der Waals surface area contributed by atoms with Crippen LogP contribution in [-0.2, 0) is 23.1 Å². The Kier molecular flexibility index (Phi) is 8.51. The van der Waals surface area contributed by atoms with E-state index < -0.39 is 15.9 Å². The first-order valence-corrected chi connectivity index (χ1v) is 15.1. The van der Waals surface area contributed by atoms with Gasteiger partial charge in [-0.15, -0.1) is 0 Å². The Morgan fingerprint density at radius 1 is 1.00 bits per heavy atom. The molecule has 9 nitrogen and oxygen atoms in total. The van der Waals surface area contributed by atoms with Gasteiger partial charge in [-0.1, -0.05) is 53.0 Å². The number of benzene rings is 2. The minimum atomic E-state index is -3.93. The molecular formula is C30H27Cl2N5O4S. The van der Waals surface area contributed by atoms with Crippen LogP contribution in [0.15, 0.2) is 87.3 Å². The molecule has 0 saturated heterocycles. The molecule has 0 atom stereocenters. The van der Waals surface area contributed by atoms with Crippen molar-refractivity contribution in [1.82, 2.24) is 19.1 Å². The van der Waals surface area contributed by atoms with Crippen LogP contribution in [0.3, 0.4) is 0 Å². The molecule has 0 aliphatic rings. The molecule has 3 aromatic heterocycles. The third kappa shape index (κ3) is 6.42. The number of hydrogen-bond acceptors (Lipinski definition) is 6. The second-order valence-electron chi connectivity index (χ2n) is 9.81. The van der Waals surface area contributed by atoms with E-state index in [0.29, 0.717) is 44.2 Å². The molecular weight excluding hydrogens is 597 g/mol. The molecule has 3 heterocycles. The summed E-state index contributed by atoms with van der Waals surface area (Å²) < 4.78 is 36.2. The Bertz CT molecular complexity index is 1910. The first-order valence-electron chi connectivity index (χ1n) is 12.9. The largest absolute Gasteiger partial charge is 0.459 e. The number of carbonyl (C=O) groups excluding carboxylic acids is 1. The number of rotatable bonds is 9. The summed E-state index contributed by atoms with van der Waals surface area (Å²) in [7, 11) is -3.93. The fourth-order valence-electron chi connectivity index (χ4n) is 4.40. The average molecular weight is 625 g/mol. The zero-order valence-corrected chi connectivity index (χ0v) is 25.3. The Morgan fingerprint density at radius 2 is 1.74 bits per heavy atom. The van der Waals surface area contributed by atoms with Crippen molar-refractivity contribution in [2.45, 2.75) is 38.8 Å². The van der Waals surface area contributed by atoms with Crippen LogP contribution < -0.4 is 5.43 Å². The second-order valence-corrected chi connectivity index (χ2v) is 12.6. The average Bonchev–Trinajstić information content (AvgIpc) is 3.52. The molecule has 5 rings (SSSR count). The number of carbonyl (C=O) groups is 1. The maximum absolute atomic E-state index is 13.7. The van der Waals surface area contributed by atoms with Crippen molar-refractivity contribution in [3.63, 3.8) is 0 Å². The second kappa shape index (κ2) is 12.1. The van der Waals surface area contributed by atoms with Gasteiger partial charge in [0.05, 0.1) is 23.3 Å². The number of amides is 1. The Labute approximate surface area is 253 Å². The number of nitrogens with zero attached hydrogens (tertiary/aromatic N) is 4. The maximum atomic E-state index is 13.7. The molecule has 0 spiro atoms. The van der Waals surface area contributed by atoms with Crippen LogP contribution in [-0.4, -0.2) is 34.2 Å². The van der Waals surface area contributed by atoms with Crippen molar-refractivity contribution in [3.05, 3.63) is 123 Å². The minimum Gasteiger partial charge on any atom is -0.459 e. The molecule has 0 radical (unpaired) electrons. The van der Waals surface area contributed by atoms with Gasteiger partial charge >= 0.3 is 0 Å². The molecule has 0 bridgehead atoms. The molecule has 0 fully saturated rings. The van der Waals surface area contributed by atoms with Gasteiger partial charge in [-0.2, -0.15) is 9.41 Å². The van der Waals surface area contributed by atoms with Crippen molar-refractivity contribution in [2.24, 2.45) is 5.10 Å². The van der Waals surface area contributed by atoms with E-state index in [9.17, 15) is 13.2 Å². The molecule has 1 amide bonds. The lowest BCUT2D eigenvalue weighted by Crippen LogP contribution is -2.30. The zero-order valence-electron chi connectivity index (χ0n) is 23.0. The maximum Gasteiger partial charge on any atom is 0.290 e. The molecule has 0 unspecified atom stereocenters. The first kappa shape index (κ1) is 29.5. The summed E-state index contributed by atoms with van der Waals surface area (Å²) in [6.07, 6.45) is 3.18. The van der Waals surface area contributed by atoms with Gasteiger partial charge in [-0.25, -0.2) is 18.8 Å². The van der Waals surface area contributed by atoms with Crippen LogP contribution in [0.25, 0.3) is 5.65 Å². The van der Waals surface area contributed by atoms with Gasteiger partial charge in [-0.3, -0.25) is 9.20 Å². The first-order chi connectivity index (χ1) is 20.0. The highest BCUT2D eigenvalue weighted by Crippen LogP contribution is 2.27. The minimum absolute atomic E-state index is 0.00940. The van der Waals surface area contributed by atoms with Crippen molar-refractivity contribution in [1.29, 1.82) is 0 Å². The van der Waals surface area contributed by atoms with Gasteiger partial charge in [0, 0.05) is 22.8 Å². The van der Waals surface area contributed by atoms with Crippen LogP contribution in [0, 0.1) is 20.8 Å². The van der Waals surface area contributed by atoms with Crippen LogP contribution in [0.4, 0.5) is 0 Å². The number of hydrazone groups is 1. The van der Waals surface area contributed by atoms with Crippen molar-refractivity contribution in [2.75, 3.05) is 0 Å². The van der Waals surface area contributed by atoms with E-state index in [1.54, 1.807) is 65.9 Å². The summed E-state index contributed by atoms with van der Waals surface area (Å²) in [6, 6.07) is 18.6. The van der Waals surface area contributed by atoms with Crippen molar-refractivity contribution in [3.8, 4) is 0 Å². The van der Waals surface area contributed by atoms with Crippen LogP contribution in [0.5, 0.6) is 0 Å². The normalized spacial score (nSPS) is 12.0. The highest BCUT2D eigenvalue weighted by atomic mass is 35.5. The Hall–Kier alpha value is -3.96. The van der Waals surface area contributed by atoms with Gasteiger partial charge in [0.25, 0.3) is 5.91 Å². The number of aryl methyl sites for hydroxylation is 3. The quantitative estimate of drug-likeness (QED) is 0.153. The molecule has 0 aliphatic heterocycles. The molecule has 5 aromatic rings. The Morgan fingerprint density at radius 3 is 2.48 bits per heavy atom. The number of sulfonamides is 1. The summed E-state index contributed by atoms with van der Waals surface area (Å²) in [5.74, 6) is 0.272. The van der Waals surface area contributed by atoms with E-state index in [4.69, 9.17) is 27.6 Å². The van der Waals surface area contributed by atoms with Crippen LogP contribution >= 0.6 is 23.2 Å². The Balaban J connectivity index is 1.35. The van der Waals surface area contributed by atoms with Gasteiger partial charge < -0.3 is 4.42 Å². The van der Waals surface area contributed by atoms with Crippen molar-refractivity contribution >= 4 is 51.0 Å². The van der Waals surface area contributed by atoms with Gasteiger partial charge in [0.1, 0.15) is 22.9 Å². The SMILES string of the molecule is Cc1ccc(S(=O)(=O)N(Cc2ccc(/C=N/NC(=O)c3c(C)nc4ccc(C)cn34)o2)Cc2ccc(Cl)cc2Cl)cc1. The molecule has 12 heteroatoms. The van der Waals surface area contributed by atoms with E-state index in [0.717, 1.165) is 11.1 Å². The highest BCUT2D eigenvalue weighted by molar-refractivity contribution is 7.89. The number of imidazole rings is 1. The molecule has 1 N–H and O–H groups in total. The number of fused-ring (bicyclic) bond motifs is 1. The summed E-state index contributed by atoms with van der Waals surface area (Å²) >= 11 is 12.4. The van der Waals surface area contributed by atoms with Crippen LogP contribution in [0.1, 0.15) is 44.4 Å². The highest BCUT2D eigenvalue weighted by Gasteiger charge is 2.27. The van der Waals surface area contributed by atoms with E-state index >= 15 is 0 Å². The number of aromatic nitrogens is 2. The fraction of sp³-hybridized carbons (Fsp3) is 0.167. The molecule has 0 saturated carbocycles. The number of nitrogens with one attached hydrogen (secondary N) is 1. The molecule has 42 heavy (non-hydrogen) atoms. The molecule has 0 aliphatic carbocycles. The number of halogens is 2. The van der Waals surface area contributed by atoms with Gasteiger partial charge in [0.15, 0.2) is 0 Å². The summed E-state index contributed by atoms with van der Waals surface area (Å²) in [5, 5.41) is 4.83. The predicted molar refractivity (Wildman–Crippen MR) is 163 cm³/mol. The van der Waals surface area contributed by atoms with Gasteiger partial charge in [0.2, 0.25) is 10.0 Å². The number of hydrogen-bond donors (Lipinski definition) is 1. The lowest BCUT2D eigenvalue weighted by molar-refractivity contribution is 0.0948. The van der Waals surface area contributed by atoms with E-state index in [2.05, 4.69) is 15.5 Å². The van der Waals surface area contributed by atoms with Crippen LogP contribution in [0.2, 0.25) is 10.0 Å². The predicted octanol–water partition coefficient (Wildman–Crippen LogP) is 6.31.